The SMILES string of the molecule is NC(c1cc(Cl)ccn1)C(F)(F)F. The lowest BCUT2D eigenvalue weighted by atomic mass is 10.2. The summed E-state index contributed by atoms with van der Waals surface area (Å²) in [6.45, 7) is 0. The third-order valence-electron chi connectivity index (χ3n) is 1.41. The summed E-state index contributed by atoms with van der Waals surface area (Å²) < 4.78 is 36.2. The average Bonchev–Trinajstić information content (AvgIpc) is 2.01. The monoisotopic (exact) mass is 210 g/mol. The Balaban J connectivity index is 2.96. The Hall–Kier alpha value is -0.810. The molecule has 2 nitrogen and oxygen atoms in total. The maximum absolute atomic E-state index is 12.1. The fraction of sp³-hybridized carbons (Fsp3) is 0.286. The Morgan fingerprint density at radius 3 is 2.54 bits per heavy atom. The zero-order valence-electron chi connectivity index (χ0n) is 6.35. The third kappa shape index (κ3) is 2.57. The number of hydrogen-bond acceptors (Lipinski definition) is 2. The smallest absolute Gasteiger partial charge is 0.315 e. The van der Waals surface area contributed by atoms with Gasteiger partial charge in [0.1, 0.15) is 6.04 Å². The van der Waals surface area contributed by atoms with E-state index in [-0.39, 0.29) is 10.7 Å². The predicted octanol–water partition coefficient (Wildman–Crippen LogP) is 2.30. The number of hydrogen-bond donors (Lipinski definition) is 1. The molecular weight excluding hydrogens is 205 g/mol. The van der Waals surface area contributed by atoms with Crippen LogP contribution in [0.4, 0.5) is 13.2 Å². The van der Waals surface area contributed by atoms with Gasteiger partial charge in [-0.25, -0.2) is 0 Å². The highest BCUT2D eigenvalue weighted by molar-refractivity contribution is 6.30. The molecule has 1 heterocycles. The molecule has 0 spiro atoms. The fourth-order valence-corrected chi connectivity index (χ4v) is 0.927. The van der Waals surface area contributed by atoms with Crippen LogP contribution in [0.1, 0.15) is 11.7 Å². The lowest BCUT2D eigenvalue weighted by Gasteiger charge is -2.14. The number of pyridine rings is 1. The molecule has 1 aromatic rings. The summed E-state index contributed by atoms with van der Waals surface area (Å²) in [7, 11) is 0. The fourth-order valence-electron chi connectivity index (χ4n) is 0.759. The largest absolute Gasteiger partial charge is 0.409 e. The topological polar surface area (TPSA) is 38.9 Å². The van der Waals surface area contributed by atoms with Gasteiger partial charge in [-0.05, 0) is 12.1 Å². The van der Waals surface area contributed by atoms with Crippen LogP contribution in [0.3, 0.4) is 0 Å². The van der Waals surface area contributed by atoms with E-state index in [1.807, 2.05) is 0 Å². The zero-order chi connectivity index (χ0) is 10.1. The van der Waals surface area contributed by atoms with Crippen LogP contribution >= 0.6 is 11.6 Å². The molecule has 0 aliphatic rings. The number of nitrogens with zero attached hydrogens (tertiary/aromatic N) is 1. The van der Waals surface area contributed by atoms with E-state index in [1.54, 1.807) is 0 Å². The van der Waals surface area contributed by atoms with E-state index >= 15 is 0 Å². The summed E-state index contributed by atoms with van der Waals surface area (Å²) in [5.41, 5.74) is 4.62. The van der Waals surface area contributed by atoms with E-state index < -0.39 is 12.2 Å². The maximum atomic E-state index is 12.1. The van der Waals surface area contributed by atoms with Crippen LogP contribution < -0.4 is 5.73 Å². The molecule has 13 heavy (non-hydrogen) atoms. The van der Waals surface area contributed by atoms with Crippen LogP contribution in [0, 0.1) is 0 Å². The van der Waals surface area contributed by atoms with Gasteiger partial charge in [0, 0.05) is 11.2 Å². The Bertz CT molecular complexity index is 300. The molecule has 0 amide bonds. The van der Waals surface area contributed by atoms with E-state index in [1.165, 1.54) is 12.3 Å². The molecule has 0 radical (unpaired) electrons. The van der Waals surface area contributed by atoms with E-state index in [0.29, 0.717) is 0 Å². The summed E-state index contributed by atoms with van der Waals surface area (Å²) in [5, 5.41) is 0.185. The molecule has 72 valence electrons. The second-order valence-electron chi connectivity index (χ2n) is 2.42. The zero-order valence-corrected chi connectivity index (χ0v) is 7.10. The van der Waals surface area contributed by atoms with Crippen molar-refractivity contribution in [3.8, 4) is 0 Å². The second kappa shape index (κ2) is 3.51. The van der Waals surface area contributed by atoms with Gasteiger partial charge in [0.05, 0.1) is 5.69 Å². The molecule has 0 aliphatic heterocycles. The lowest BCUT2D eigenvalue weighted by molar-refractivity contribution is -0.149. The van der Waals surface area contributed by atoms with Crippen molar-refractivity contribution in [2.45, 2.75) is 12.2 Å². The lowest BCUT2D eigenvalue weighted by Crippen LogP contribution is -2.29. The third-order valence-corrected chi connectivity index (χ3v) is 1.65. The average molecular weight is 211 g/mol. The summed E-state index contributed by atoms with van der Waals surface area (Å²) in [4.78, 5) is 3.48. The Labute approximate surface area is 77.5 Å². The van der Waals surface area contributed by atoms with Crippen LogP contribution in [0.25, 0.3) is 0 Å². The van der Waals surface area contributed by atoms with E-state index in [4.69, 9.17) is 17.3 Å². The summed E-state index contributed by atoms with van der Waals surface area (Å²) >= 11 is 5.48. The van der Waals surface area contributed by atoms with Crippen molar-refractivity contribution in [3.63, 3.8) is 0 Å². The number of halogens is 4. The molecule has 1 unspecified atom stereocenters. The van der Waals surface area contributed by atoms with Crippen molar-refractivity contribution in [2.75, 3.05) is 0 Å². The summed E-state index contributed by atoms with van der Waals surface area (Å²) in [5.74, 6) is 0. The van der Waals surface area contributed by atoms with Crippen LogP contribution in [-0.4, -0.2) is 11.2 Å². The molecule has 0 aliphatic carbocycles. The van der Waals surface area contributed by atoms with Crippen molar-refractivity contribution in [1.82, 2.24) is 4.98 Å². The first kappa shape index (κ1) is 10.3. The molecule has 2 N–H and O–H groups in total. The van der Waals surface area contributed by atoms with Crippen LogP contribution in [0.2, 0.25) is 5.02 Å². The van der Waals surface area contributed by atoms with Crippen molar-refractivity contribution in [2.24, 2.45) is 5.73 Å². The number of alkyl halides is 3. The Morgan fingerprint density at radius 1 is 1.46 bits per heavy atom. The highest BCUT2D eigenvalue weighted by atomic mass is 35.5. The quantitative estimate of drug-likeness (QED) is 0.773. The summed E-state index contributed by atoms with van der Waals surface area (Å²) in [6, 6.07) is 0.402. The first-order chi connectivity index (χ1) is 5.91. The van der Waals surface area contributed by atoms with Crippen LogP contribution in [-0.2, 0) is 0 Å². The first-order valence-corrected chi connectivity index (χ1v) is 3.73. The maximum Gasteiger partial charge on any atom is 0.409 e. The van der Waals surface area contributed by atoms with E-state index in [0.717, 1.165) is 6.07 Å². The molecule has 1 atom stereocenters. The normalized spacial score (nSPS) is 14.2. The number of aromatic nitrogens is 1. The molecule has 6 heteroatoms. The van der Waals surface area contributed by atoms with Gasteiger partial charge in [0.15, 0.2) is 0 Å². The first-order valence-electron chi connectivity index (χ1n) is 3.35. The van der Waals surface area contributed by atoms with E-state index in [2.05, 4.69) is 4.98 Å². The number of nitrogens with two attached hydrogens (primary N) is 1. The van der Waals surface area contributed by atoms with Gasteiger partial charge in [-0.3, -0.25) is 4.98 Å². The number of rotatable bonds is 1. The van der Waals surface area contributed by atoms with Crippen LogP contribution in [0.5, 0.6) is 0 Å². The predicted molar refractivity (Wildman–Crippen MR) is 42.2 cm³/mol. The second-order valence-corrected chi connectivity index (χ2v) is 2.85. The Morgan fingerprint density at radius 2 is 2.08 bits per heavy atom. The molecule has 0 bridgehead atoms. The van der Waals surface area contributed by atoms with Gasteiger partial charge in [-0.1, -0.05) is 11.6 Å². The molecule has 0 saturated carbocycles. The van der Waals surface area contributed by atoms with Crippen molar-refractivity contribution >= 4 is 11.6 Å². The molecule has 1 aromatic heterocycles. The standard InChI is InChI=1S/C7H6ClF3N2/c8-4-1-2-13-5(3-4)6(12)7(9,10)11/h1-3,6H,12H2. The summed E-state index contributed by atoms with van der Waals surface area (Å²) in [6.07, 6.45) is -3.30. The molecule has 1 rings (SSSR count). The van der Waals surface area contributed by atoms with Crippen molar-refractivity contribution in [1.29, 1.82) is 0 Å². The van der Waals surface area contributed by atoms with Gasteiger partial charge in [-0.2, -0.15) is 13.2 Å². The van der Waals surface area contributed by atoms with Gasteiger partial charge in [-0.15, -0.1) is 0 Å². The Kier molecular flexibility index (Phi) is 2.77. The highest BCUT2D eigenvalue weighted by Crippen LogP contribution is 2.29. The van der Waals surface area contributed by atoms with Crippen molar-refractivity contribution in [3.05, 3.63) is 29.0 Å². The van der Waals surface area contributed by atoms with Crippen molar-refractivity contribution < 1.29 is 13.2 Å². The molecule has 0 aromatic carbocycles. The van der Waals surface area contributed by atoms with Gasteiger partial charge in [0.2, 0.25) is 0 Å². The van der Waals surface area contributed by atoms with Gasteiger partial charge in [0.25, 0.3) is 0 Å². The minimum atomic E-state index is -4.49. The minimum absolute atomic E-state index is 0.185. The minimum Gasteiger partial charge on any atom is -0.315 e. The van der Waals surface area contributed by atoms with Crippen LogP contribution in [0.15, 0.2) is 18.3 Å². The van der Waals surface area contributed by atoms with Gasteiger partial charge >= 0.3 is 6.18 Å². The molecule has 0 fully saturated rings. The molecule has 0 saturated heterocycles. The van der Waals surface area contributed by atoms with E-state index in [9.17, 15) is 13.2 Å². The van der Waals surface area contributed by atoms with Gasteiger partial charge < -0.3 is 5.73 Å². The highest BCUT2D eigenvalue weighted by Gasteiger charge is 2.38. The molecular formula is C7H6ClF3N2.